The van der Waals surface area contributed by atoms with E-state index in [2.05, 4.69) is 6.58 Å². The van der Waals surface area contributed by atoms with Crippen LogP contribution in [0.15, 0.2) is 41.3 Å². The minimum atomic E-state index is -3.29. The van der Waals surface area contributed by atoms with Gasteiger partial charge in [0.2, 0.25) is 0 Å². The molecule has 0 heterocycles. The molecule has 0 fully saturated rings. The van der Waals surface area contributed by atoms with Crippen molar-refractivity contribution in [2.45, 2.75) is 24.3 Å². The third-order valence-electron chi connectivity index (χ3n) is 2.89. The molecule has 1 atom stereocenters. The maximum atomic E-state index is 11.7. The summed E-state index contributed by atoms with van der Waals surface area (Å²) in [6.45, 7) is 4.25. The smallest absolute Gasteiger partial charge is 0.333 e. The third-order valence-corrected chi connectivity index (χ3v) is 4.02. The van der Waals surface area contributed by atoms with Gasteiger partial charge < -0.3 is 14.6 Å². The van der Waals surface area contributed by atoms with Crippen molar-refractivity contribution < 1.29 is 32.6 Å². The van der Waals surface area contributed by atoms with Gasteiger partial charge in [-0.2, -0.15) is 0 Å². The molecule has 0 spiro atoms. The second-order valence-electron chi connectivity index (χ2n) is 5.31. The Kier molecular flexibility index (Phi) is 7.12. The lowest BCUT2D eigenvalue weighted by atomic mass is 10.1. The SMILES string of the molecule is C=C(C)C(=O)OCC(O)COC(=O)Cc1ccc(S(C)(=O)=O)cc1. The minimum Gasteiger partial charge on any atom is -0.463 e. The van der Waals surface area contributed by atoms with Crippen LogP contribution in [-0.2, 0) is 35.3 Å². The number of benzene rings is 1. The van der Waals surface area contributed by atoms with Crippen LogP contribution in [0.2, 0.25) is 0 Å². The number of esters is 2. The Morgan fingerprint density at radius 1 is 1.17 bits per heavy atom. The zero-order valence-corrected chi connectivity index (χ0v) is 14.3. The van der Waals surface area contributed by atoms with Crippen LogP contribution in [0.25, 0.3) is 0 Å². The third kappa shape index (κ3) is 6.93. The van der Waals surface area contributed by atoms with E-state index in [9.17, 15) is 23.1 Å². The van der Waals surface area contributed by atoms with Gasteiger partial charge in [0.25, 0.3) is 0 Å². The van der Waals surface area contributed by atoms with Crippen molar-refractivity contribution in [1.82, 2.24) is 0 Å². The summed E-state index contributed by atoms with van der Waals surface area (Å²) in [6, 6.07) is 5.85. The maximum absolute atomic E-state index is 11.7. The van der Waals surface area contributed by atoms with Crippen molar-refractivity contribution in [1.29, 1.82) is 0 Å². The lowest BCUT2D eigenvalue weighted by Gasteiger charge is -2.12. The number of carbonyl (C=O) groups is 2. The van der Waals surface area contributed by atoms with Crippen LogP contribution in [-0.4, -0.2) is 51.0 Å². The van der Waals surface area contributed by atoms with Crippen LogP contribution in [0.3, 0.4) is 0 Å². The quantitative estimate of drug-likeness (QED) is 0.538. The van der Waals surface area contributed by atoms with Gasteiger partial charge in [0.15, 0.2) is 9.84 Å². The highest BCUT2D eigenvalue weighted by molar-refractivity contribution is 7.90. The first-order valence-electron chi connectivity index (χ1n) is 7.05. The van der Waals surface area contributed by atoms with Gasteiger partial charge in [-0.25, -0.2) is 13.2 Å². The molecule has 0 aliphatic rings. The number of ether oxygens (including phenoxy) is 2. The van der Waals surface area contributed by atoms with E-state index >= 15 is 0 Å². The Morgan fingerprint density at radius 2 is 1.71 bits per heavy atom. The first-order valence-corrected chi connectivity index (χ1v) is 8.94. The lowest BCUT2D eigenvalue weighted by Crippen LogP contribution is -2.26. The Hall–Kier alpha value is -2.19. The molecule has 0 aliphatic carbocycles. The molecule has 7 nitrogen and oxygen atoms in total. The average Bonchev–Trinajstić information content (AvgIpc) is 2.50. The normalized spacial score (nSPS) is 12.3. The highest BCUT2D eigenvalue weighted by Crippen LogP contribution is 2.11. The van der Waals surface area contributed by atoms with Gasteiger partial charge in [-0.15, -0.1) is 0 Å². The second-order valence-corrected chi connectivity index (χ2v) is 7.32. The number of rotatable bonds is 8. The predicted octanol–water partition coefficient (Wildman–Crippen LogP) is 0.656. The summed E-state index contributed by atoms with van der Waals surface area (Å²) >= 11 is 0. The van der Waals surface area contributed by atoms with E-state index < -0.39 is 27.9 Å². The van der Waals surface area contributed by atoms with E-state index in [0.29, 0.717) is 5.56 Å². The Bertz CT molecular complexity index is 704. The summed E-state index contributed by atoms with van der Waals surface area (Å²) in [4.78, 5) is 23.0. The van der Waals surface area contributed by atoms with Crippen LogP contribution >= 0.6 is 0 Å². The number of sulfone groups is 1. The molecule has 8 heteroatoms. The van der Waals surface area contributed by atoms with Gasteiger partial charge >= 0.3 is 11.9 Å². The summed E-state index contributed by atoms with van der Waals surface area (Å²) in [6.07, 6.45) is -0.106. The van der Waals surface area contributed by atoms with Gasteiger partial charge in [-0.3, -0.25) is 4.79 Å². The standard InChI is InChI=1S/C16H20O7S/c1-11(2)16(19)23-10-13(17)9-22-15(18)8-12-4-6-14(7-5-12)24(3,20)21/h4-7,13,17H,1,8-10H2,2-3H3. The lowest BCUT2D eigenvalue weighted by molar-refractivity contribution is -0.149. The summed E-state index contributed by atoms with van der Waals surface area (Å²) in [7, 11) is -3.29. The summed E-state index contributed by atoms with van der Waals surface area (Å²) in [5.41, 5.74) is 0.785. The Balaban J connectivity index is 2.41. The molecule has 1 aromatic rings. The summed E-state index contributed by atoms with van der Waals surface area (Å²) < 4.78 is 32.3. The topological polar surface area (TPSA) is 107 Å². The van der Waals surface area contributed by atoms with Crippen LogP contribution < -0.4 is 0 Å². The maximum Gasteiger partial charge on any atom is 0.333 e. The molecule has 1 rings (SSSR count). The van der Waals surface area contributed by atoms with Crippen LogP contribution in [0.4, 0.5) is 0 Å². The minimum absolute atomic E-state index is 0.0671. The molecule has 0 radical (unpaired) electrons. The van der Waals surface area contributed by atoms with Gasteiger partial charge in [0.05, 0.1) is 11.3 Å². The fourth-order valence-electron chi connectivity index (χ4n) is 1.60. The van der Waals surface area contributed by atoms with Crippen molar-refractivity contribution in [3.05, 3.63) is 42.0 Å². The van der Waals surface area contributed by atoms with E-state index in [1.54, 1.807) is 0 Å². The van der Waals surface area contributed by atoms with Gasteiger partial charge in [-0.05, 0) is 24.6 Å². The molecule has 0 saturated heterocycles. The number of hydrogen-bond donors (Lipinski definition) is 1. The van der Waals surface area contributed by atoms with E-state index in [0.717, 1.165) is 6.26 Å². The Morgan fingerprint density at radius 3 is 2.21 bits per heavy atom. The van der Waals surface area contributed by atoms with Crippen LogP contribution in [0.5, 0.6) is 0 Å². The fraction of sp³-hybridized carbons (Fsp3) is 0.375. The average molecular weight is 356 g/mol. The molecular weight excluding hydrogens is 336 g/mol. The fourth-order valence-corrected chi connectivity index (χ4v) is 2.23. The monoisotopic (exact) mass is 356 g/mol. The highest BCUT2D eigenvalue weighted by atomic mass is 32.2. The van der Waals surface area contributed by atoms with Gasteiger partial charge in [-0.1, -0.05) is 18.7 Å². The van der Waals surface area contributed by atoms with E-state index in [1.165, 1.54) is 31.2 Å². The molecule has 0 aromatic heterocycles. The molecular formula is C16H20O7S. The van der Waals surface area contributed by atoms with E-state index in [4.69, 9.17) is 9.47 Å². The first-order chi connectivity index (χ1) is 11.1. The molecule has 132 valence electrons. The summed E-state index contributed by atoms with van der Waals surface area (Å²) in [5.74, 6) is -1.22. The van der Waals surface area contributed by atoms with Gasteiger partial charge in [0.1, 0.15) is 19.3 Å². The molecule has 0 saturated carbocycles. The number of hydrogen-bond acceptors (Lipinski definition) is 7. The van der Waals surface area contributed by atoms with Crippen molar-refractivity contribution in [2.24, 2.45) is 0 Å². The zero-order valence-electron chi connectivity index (χ0n) is 13.5. The van der Waals surface area contributed by atoms with Crippen LogP contribution in [0.1, 0.15) is 12.5 Å². The zero-order chi connectivity index (χ0) is 18.3. The van der Waals surface area contributed by atoms with Crippen molar-refractivity contribution in [3.63, 3.8) is 0 Å². The molecule has 24 heavy (non-hydrogen) atoms. The predicted molar refractivity (Wildman–Crippen MR) is 86.0 cm³/mol. The summed E-state index contributed by atoms with van der Waals surface area (Å²) in [5, 5.41) is 9.57. The second kappa shape index (κ2) is 8.60. The van der Waals surface area contributed by atoms with Crippen molar-refractivity contribution in [3.8, 4) is 0 Å². The van der Waals surface area contributed by atoms with Crippen molar-refractivity contribution in [2.75, 3.05) is 19.5 Å². The largest absolute Gasteiger partial charge is 0.463 e. The van der Waals surface area contributed by atoms with E-state index in [-0.39, 0.29) is 30.1 Å². The molecule has 0 amide bonds. The Labute approximate surface area is 140 Å². The molecule has 0 bridgehead atoms. The first kappa shape index (κ1) is 19.9. The number of carbonyl (C=O) groups excluding carboxylic acids is 2. The number of aliphatic hydroxyl groups is 1. The van der Waals surface area contributed by atoms with Crippen LogP contribution in [0, 0.1) is 0 Å². The number of aliphatic hydroxyl groups excluding tert-OH is 1. The highest BCUT2D eigenvalue weighted by Gasteiger charge is 2.13. The van der Waals surface area contributed by atoms with Crippen molar-refractivity contribution >= 4 is 21.8 Å². The molecule has 1 N–H and O–H groups in total. The molecule has 0 aliphatic heterocycles. The molecule has 1 unspecified atom stereocenters. The molecule has 1 aromatic carbocycles. The van der Waals surface area contributed by atoms with Gasteiger partial charge in [0, 0.05) is 11.8 Å². The van der Waals surface area contributed by atoms with E-state index in [1.807, 2.05) is 0 Å².